The summed E-state index contributed by atoms with van der Waals surface area (Å²) in [5.41, 5.74) is 4.80. The number of hydrogen-bond donors (Lipinski definition) is 1. The van der Waals surface area contributed by atoms with E-state index in [-0.39, 0.29) is 41.0 Å². The zero-order valence-electron chi connectivity index (χ0n) is 18.3. The third kappa shape index (κ3) is 2.80. The van der Waals surface area contributed by atoms with E-state index in [9.17, 15) is 19.5 Å². The number of pyridine rings is 1. The van der Waals surface area contributed by atoms with Crippen LogP contribution in [0.1, 0.15) is 29.3 Å². The fourth-order valence-corrected chi connectivity index (χ4v) is 5.97. The summed E-state index contributed by atoms with van der Waals surface area (Å²) in [6.45, 7) is 3.97. The number of benzene rings is 2. The van der Waals surface area contributed by atoms with E-state index in [4.69, 9.17) is 0 Å². The van der Waals surface area contributed by atoms with Gasteiger partial charge in [-0.3, -0.25) is 14.5 Å². The van der Waals surface area contributed by atoms with Crippen molar-refractivity contribution in [3.05, 3.63) is 71.3 Å². The topological polar surface area (TPSA) is 87.6 Å². The Labute approximate surface area is 190 Å². The molecule has 2 fully saturated rings. The summed E-state index contributed by atoms with van der Waals surface area (Å²) in [6.07, 6.45) is 3.07. The normalized spacial score (nSPS) is 25.6. The Kier molecular flexibility index (Phi) is 4.12. The molecule has 1 N–H and O–H groups in total. The number of imide groups is 1. The summed E-state index contributed by atoms with van der Waals surface area (Å²) in [5.74, 6) is -1.36. The van der Waals surface area contributed by atoms with Crippen LogP contribution in [0.15, 0.2) is 60.2 Å². The first-order valence-electron chi connectivity index (χ1n) is 11.1. The Hall–Kier alpha value is -3.80. The van der Waals surface area contributed by atoms with Crippen molar-refractivity contribution < 1.29 is 19.5 Å². The van der Waals surface area contributed by atoms with Crippen LogP contribution in [0.5, 0.6) is 0 Å². The number of aromatic carboxylic acids is 1. The Morgan fingerprint density at radius 2 is 1.73 bits per heavy atom. The molecule has 4 atom stereocenters. The van der Waals surface area contributed by atoms with E-state index in [0.717, 1.165) is 17.5 Å². The van der Waals surface area contributed by atoms with Crippen LogP contribution in [0.25, 0.3) is 22.2 Å². The molecule has 2 amide bonds. The van der Waals surface area contributed by atoms with Gasteiger partial charge in [0.1, 0.15) is 0 Å². The average molecular weight is 438 g/mol. The molecule has 2 bridgehead atoms. The molecule has 6 heteroatoms. The number of anilines is 1. The van der Waals surface area contributed by atoms with Crippen LogP contribution >= 0.6 is 0 Å². The van der Waals surface area contributed by atoms with Gasteiger partial charge in [0.15, 0.2) is 0 Å². The Bertz CT molecular complexity index is 1410. The van der Waals surface area contributed by atoms with E-state index in [1.165, 1.54) is 10.5 Å². The summed E-state index contributed by atoms with van der Waals surface area (Å²) in [7, 11) is 0. The first-order valence-corrected chi connectivity index (χ1v) is 11.1. The second-order valence-electron chi connectivity index (χ2n) is 9.41. The standard InChI is InChI=1S/C27H22N2O4/c1-13-3-8-21-19(9-13)20(27(32)33)12-22(28-21)15-4-6-17(7-5-15)29-25(30)23-16-10-14(2)18(11-16)24(23)26(29)31/h3-10,12,16,18,23-24H,11H2,1-2H3,(H,32,33). The Balaban J connectivity index is 1.35. The van der Waals surface area contributed by atoms with Gasteiger partial charge in [-0.15, -0.1) is 0 Å². The second kappa shape index (κ2) is 6.85. The number of carbonyl (C=O) groups excluding carboxylic acids is 2. The maximum atomic E-state index is 13.2. The molecule has 0 radical (unpaired) electrons. The van der Waals surface area contributed by atoms with Crippen LogP contribution in [0.2, 0.25) is 0 Å². The van der Waals surface area contributed by atoms with Gasteiger partial charge < -0.3 is 5.11 Å². The van der Waals surface area contributed by atoms with Crippen molar-refractivity contribution in [3.8, 4) is 11.3 Å². The number of nitrogens with zero attached hydrogens (tertiary/aromatic N) is 2. The van der Waals surface area contributed by atoms with Gasteiger partial charge in [0.2, 0.25) is 11.8 Å². The minimum Gasteiger partial charge on any atom is -0.478 e. The number of aryl methyl sites for hydroxylation is 1. The number of carboxylic acid groups (broad SMARTS) is 1. The number of aromatic nitrogens is 1. The van der Waals surface area contributed by atoms with E-state index in [0.29, 0.717) is 22.3 Å². The lowest BCUT2D eigenvalue weighted by molar-refractivity contribution is -0.123. The van der Waals surface area contributed by atoms with Gasteiger partial charge in [-0.25, -0.2) is 9.78 Å². The molecule has 0 spiro atoms. The van der Waals surface area contributed by atoms with Crippen molar-refractivity contribution >= 4 is 34.4 Å². The average Bonchev–Trinajstić information content (AvgIpc) is 3.43. The number of carboxylic acids is 1. The molecule has 6 nitrogen and oxygen atoms in total. The monoisotopic (exact) mass is 438 g/mol. The van der Waals surface area contributed by atoms with Crippen LogP contribution in [0.3, 0.4) is 0 Å². The molecule has 2 heterocycles. The number of allylic oxidation sites excluding steroid dienone is 2. The van der Waals surface area contributed by atoms with Gasteiger partial charge in [0.05, 0.1) is 34.3 Å². The summed E-state index contributed by atoms with van der Waals surface area (Å²) < 4.78 is 0. The minimum atomic E-state index is -1.01. The lowest BCUT2D eigenvalue weighted by Gasteiger charge is -2.19. The largest absolute Gasteiger partial charge is 0.478 e. The smallest absolute Gasteiger partial charge is 0.336 e. The number of carbonyl (C=O) groups is 3. The van der Waals surface area contributed by atoms with Crippen LogP contribution in [-0.2, 0) is 9.59 Å². The first-order chi connectivity index (χ1) is 15.8. The summed E-state index contributed by atoms with van der Waals surface area (Å²) in [5, 5.41) is 10.3. The summed E-state index contributed by atoms with van der Waals surface area (Å²) in [6, 6.07) is 14.2. The number of rotatable bonds is 3. The zero-order valence-corrected chi connectivity index (χ0v) is 18.3. The molecule has 3 aliphatic rings. The summed E-state index contributed by atoms with van der Waals surface area (Å²) in [4.78, 5) is 44.2. The molecule has 2 aromatic carbocycles. The second-order valence-corrected chi connectivity index (χ2v) is 9.41. The molecule has 6 rings (SSSR count). The molecule has 4 unspecified atom stereocenters. The van der Waals surface area contributed by atoms with E-state index in [1.54, 1.807) is 30.3 Å². The zero-order chi connectivity index (χ0) is 23.0. The van der Waals surface area contributed by atoms with Crippen LogP contribution in [0.4, 0.5) is 5.69 Å². The van der Waals surface area contributed by atoms with Gasteiger partial charge in [0, 0.05) is 10.9 Å². The predicted octanol–water partition coefficient (Wildman–Crippen LogP) is 4.61. The van der Waals surface area contributed by atoms with E-state index < -0.39 is 5.97 Å². The number of hydrogen-bond acceptors (Lipinski definition) is 4. The number of fused-ring (bicyclic) bond motifs is 6. The van der Waals surface area contributed by atoms with Crippen molar-refractivity contribution in [3.63, 3.8) is 0 Å². The maximum absolute atomic E-state index is 13.2. The van der Waals surface area contributed by atoms with Gasteiger partial charge in [-0.05, 0) is 62.4 Å². The predicted molar refractivity (Wildman–Crippen MR) is 124 cm³/mol. The highest BCUT2D eigenvalue weighted by Gasteiger charge is 2.60. The molecule has 33 heavy (non-hydrogen) atoms. The van der Waals surface area contributed by atoms with Crippen LogP contribution in [-0.4, -0.2) is 27.9 Å². The van der Waals surface area contributed by atoms with Crippen molar-refractivity contribution in [1.82, 2.24) is 4.98 Å². The molecule has 1 aliphatic heterocycles. The quantitative estimate of drug-likeness (QED) is 0.477. The molecule has 1 saturated carbocycles. The Morgan fingerprint density at radius 1 is 1.00 bits per heavy atom. The van der Waals surface area contributed by atoms with Gasteiger partial charge in [-0.1, -0.05) is 35.4 Å². The Morgan fingerprint density at radius 3 is 2.45 bits per heavy atom. The highest BCUT2D eigenvalue weighted by atomic mass is 16.4. The van der Waals surface area contributed by atoms with Crippen LogP contribution in [0, 0.1) is 30.6 Å². The fourth-order valence-electron chi connectivity index (χ4n) is 5.97. The van der Waals surface area contributed by atoms with Crippen molar-refractivity contribution in [2.45, 2.75) is 20.3 Å². The maximum Gasteiger partial charge on any atom is 0.336 e. The third-order valence-electron chi connectivity index (χ3n) is 7.50. The van der Waals surface area contributed by atoms with Gasteiger partial charge >= 0.3 is 5.97 Å². The van der Waals surface area contributed by atoms with Crippen molar-refractivity contribution in [2.24, 2.45) is 23.7 Å². The van der Waals surface area contributed by atoms with Crippen molar-refractivity contribution in [2.75, 3.05) is 4.90 Å². The molecule has 1 saturated heterocycles. The van der Waals surface area contributed by atoms with E-state index >= 15 is 0 Å². The van der Waals surface area contributed by atoms with Crippen molar-refractivity contribution in [1.29, 1.82) is 0 Å². The highest BCUT2D eigenvalue weighted by molar-refractivity contribution is 6.23. The van der Waals surface area contributed by atoms with Gasteiger partial charge in [0.25, 0.3) is 0 Å². The SMILES string of the molecule is CC1=CC2CC1C1C(=O)N(c3ccc(-c4cc(C(=O)O)c5cc(C)ccc5n4)cc3)C(=O)C21. The third-order valence-corrected chi connectivity index (χ3v) is 7.50. The minimum absolute atomic E-state index is 0.106. The molecule has 1 aromatic heterocycles. The van der Waals surface area contributed by atoms with Crippen LogP contribution < -0.4 is 4.90 Å². The summed E-state index contributed by atoms with van der Waals surface area (Å²) >= 11 is 0. The molecule has 164 valence electrons. The molecular weight excluding hydrogens is 416 g/mol. The molecule has 2 aliphatic carbocycles. The van der Waals surface area contributed by atoms with E-state index in [2.05, 4.69) is 18.0 Å². The molecular formula is C27H22N2O4. The molecule has 3 aromatic rings. The van der Waals surface area contributed by atoms with E-state index in [1.807, 2.05) is 25.1 Å². The lowest BCUT2D eigenvalue weighted by Crippen LogP contribution is -2.32. The van der Waals surface area contributed by atoms with Gasteiger partial charge in [-0.2, -0.15) is 0 Å². The lowest BCUT2D eigenvalue weighted by atomic mass is 9.82. The highest BCUT2D eigenvalue weighted by Crippen LogP contribution is 2.55. The first kappa shape index (κ1) is 19.9. The fraction of sp³-hybridized carbons (Fsp3) is 0.259. The number of amides is 2.